The van der Waals surface area contributed by atoms with E-state index in [0.717, 1.165) is 15.3 Å². The van der Waals surface area contributed by atoms with Crippen LogP contribution in [0.15, 0.2) is 62.9 Å². The molecule has 0 unspecified atom stereocenters. The standard InChI is InChI=1S/C19H13NO4S2/c1-23-19(22)24-14-11-13(12-5-3-2-4-6-12)18(21)20-8-10-25-15-7-9-26-17(15)16(14)20/h2-11H,1H3. The van der Waals surface area contributed by atoms with Gasteiger partial charge in [0.2, 0.25) is 0 Å². The molecule has 4 rings (SSSR count). The lowest BCUT2D eigenvalue weighted by Gasteiger charge is -2.15. The number of carbonyl (C=O) groups excluding carboxylic acids is 1. The highest BCUT2D eigenvalue weighted by Crippen LogP contribution is 2.43. The number of hydrogen-bond donors (Lipinski definition) is 0. The van der Waals surface area contributed by atoms with Gasteiger partial charge in [-0.15, -0.1) is 11.3 Å². The summed E-state index contributed by atoms with van der Waals surface area (Å²) in [6.07, 6.45) is 0.871. The first-order valence-corrected chi connectivity index (χ1v) is 9.47. The smallest absolute Gasteiger partial charge is 0.437 e. The predicted molar refractivity (Wildman–Crippen MR) is 104 cm³/mol. The molecule has 0 fully saturated rings. The van der Waals surface area contributed by atoms with Crippen molar-refractivity contribution in [1.82, 2.24) is 4.57 Å². The van der Waals surface area contributed by atoms with Crippen LogP contribution in [0.2, 0.25) is 0 Å². The van der Waals surface area contributed by atoms with Crippen LogP contribution in [-0.4, -0.2) is 17.8 Å². The van der Waals surface area contributed by atoms with Crippen molar-refractivity contribution in [2.75, 3.05) is 7.11 Å². The van der Waals surface area contributed by atoms with Crippen molar-refractivity contribution >= 4 is 35.5 Å². The summed E-state index contributed by atoms with van der Waals surface area (Å²) in [5, 5.41) is 3.79. The molecule has 0 bridgehead atoms. The maximum absolute atomic E-state index is 13.1. The zero-order chi connectivity index (χ0) is 18.1. The van der Waals surface area contributed by atoms with Gasteiger partial charge in [-0.2, -0.15) is 0 Å². The minimum Gasteiger partial charge on any atom is -0.437 e. The Bertz CT molecular complexity index is 1070. The van der Waals surface area contributed by atoms with Crippen LogP contribution < -0.4 is 10.3 Å². The fourth-order valence-electron chi connectivity index (χ4n) is 2.74. The Morgan fingerprint density at radius 3 is 2.73 bits per heavy atom. The van der Waals surface area contributed by atoms with Gasteiger partial charge in [-0.1, -0.05) is 42.1 Å². The highest BCUT2D eigenvalue weighted by molar-refractivity contribution is 8.02. The molecule has 0 spiro atoms. The molecule has 0 atom stereocenters. The molecular formula is C19H13NO4S2. The van der Waals surface area contributed by atoms with Crippen molar-refractivity contribution < 1.29 is 14.3 Å². The first kappa shape index (κ1) is 16.7. The third-order valence-corrected chi connectivity index (χ3v) is 5.80. The Kier molecular flexibility index (Phi) is 4.40. The maximum atomic E-state index is 13.1. The molecule has 3 heterocycles. The number of rotatable bonds is 2. The minimum absolute atomic E-state index is 0.179. The van der Waals surface area contributed by atoms with Gasteiger partial charge < -0.3 is 9.47 Å². The fraction of sp³-hybridized carbons (Fsp3) is 0.0526. The van der Waals surface area contributed by atoms with E-state index in [1.165, 1.54) is 34.8 Å². The number of hydrogen-bond acceptors (Lipinski definition) is 6. The zero-order valence-corrected chi connectivity index (χ0v) is 15.3. The van der Waals surface area contributed by atoms with Crippen LogP contribution in [-0.2, 0) is 4.74 Å². The van der Waals surface area contributed by atoms with E-state index in [2.05, 4.69) is 4.74 Å². The molecule has 1 aliphatic heterocycles. The van der Waals surface area contributed by atoms with Crippen LogP contribution in [0.4, 0.5) is 4.79 Å². The van der Waals surface area contributed by atoms with Gasteiger partial charge in [0.05, 0.1) is 17.6 Å². The van der Waals surface area contributed by atoms with Crippen molar-refractivity contribution in [3.8, 4) is 27.4 Å². The van der Waals surface area contributed by atoms with Crippen molar-refractivity contribution in [2.24, 2.45) is 0 Å². The molecule has 130 valence electrons. The molecule has 5 nitrogen and oxygen atoms in total. The SMILES string of the molecule is COC(=O)Oc1cc(-c2ccccc2)c(=O)n2c1-c1sccc1SC=C2. The van der Waals surface area contributed by atoms with Crippen LogP contribution in [0.3, 0.4) is 0 Å². The predicted octanol–water partition coefficient (Wildman–Crippen LogP) is 4.92. The molecule has 0 aliphatic carbocycles. The van der Waals surface area contributed by atoms with Gasteiger partial charge in [0.1, 0.15) is 5.69 Å². The van der Waals surface area contributed by atoms with Crippen LogP contribution in [0.1, 0.15) is 0 Å². The fourth-order valence-corrected chi connectivity index (χ4v) is 4.63. The summed E-state index contributed by atoms with van der Waals surface area (Å²) >= 11 is 3.00. The van der Waals surface area contributed by atoms with E-state index < -0.39 is 6.16 Å². The monoisotopic (exact) mass is 383 g/mol. The largest absolute Gasteiger partial charge is 0.513 e. The lowest BCUT2D eigenvalue weighted by atomic mass is 10.1. The van der Waals surface area contributed by atoms with Crippen LogP contribution in [0.5, 0.6) is 5.75 Å². The molecule has 0 saturated carbocycles. The van der Waals surface area contributed by atoms with E-state index in [-0.39, 0.29) is 11.3 Å². The number of aromatic nitrogens is 1. The average Bonchev–Trinajstić information content (AvgIpc) is 3.04. The lowest BCUT2D eigenvalue weighted by Crippen LogP contribution is -2.21. The van der Waals surface area contributed by atoms with E-state index in [9.17, 15) is 9.59 Å². The molecule has 0 radical (unpaired) electrons. The number of ether oxygens (including phenoxy) is 2. The Balaban J connectivity index is 2.03. The first-order valence-electron chi connectivity index (χ1n) is 7.71. The molecular weight excluding hydrogens is 370 g/mol. The number of pyridine rings is 1. The molecule has 3 aromatic rings. The van der Waals surface area contributed by atoms with Gasteiger partial charge in [0.15, 0.2) is 5.75 Å². The molecule has 26 heavy (non-hydrogen) atoms. The third-order valence-electron chi connectivity index (χ3n) is 3.89. The van der Waals surface area contributed by atoms with E-state index in [4.69, 9.17) is 4.74 Å². The second-order valence-corrected chi connectivity index (χ2v) is 7.25. The molecule has 0 saturated heterocycles. The third kappa shape index (κ3) is 2.85. The van der Waals surface area contributed by atoms with E-state index >= 15 is 0 Å². The van der Waals surface area contributed by atoms with Crippen molar-refractivity contribution in [3.63, 3.8) is 0 Å². The minimum atomic E-state index is -0.829. The van der Waals surface area contributed by atoms with E-state index in [1.807, 2.05) is 47.2 Å². The zero-order valence-electron chi connectivity index (χ0n) is 13.7. The normalized spacial score (nSPS) is 12.0. The molecule has 1 aromatic carbocycles. The summed E-state index contributed by atoms with van der Waals surface area (Å²) in [4.78, 5) is 26.8. The quantitative estimate of drug-likeness (QED) is 0.588. The maximum Gasteiger partial charge on any atom is 0.513 e. The second kappa shape index (κ2) is 6.86. The van der Waals surface area contributed by atoms with Crippen LogP contribution in [0, 0.1) is 0 Å². The van der Waals surface area contributed by atoms with Gasteiger partial charge in [-0.3, -0.25) is 9.36 Å². The molecule has 0 N–H and O–H groups in total. The summed E-state index contributed by atoms with van der Waals surface area (Å²) in [5.74, 6) is 0.283. The Morgan fingerprint density at radius 1 is 1.15 bits per heavy atom. The molecule has 0 amide bonds. The molecule has 7 heteroatoms. The molecule has 1 aliphatic rings. The summed E-state index contributed by atoms with van der Waals surface area (Å²) in [7, 11) is 1.25. The van der Waals surface area contributed by atoms with Crippen LogP contribution >= 0.6 is 23.1 Å². The highest BCUT2D eigenvalue weighted by Gasteiger charge is 2.24. The van der Waals surface area contributed by atoms with Gasteiger partial charge in [0, 0.05) is 11.1 Å². The highest BCUT2D eigenvalue weighted by atomic mass is 32.2. The van der Waals surface area contributed by atoms with Crippen molar-refractivity contribution in [1.29, 1.82) is 0 Å². The number of nitrogens with zero attached hydrogens (tertiary/aromatic N) is 1. The van der Waals surface area contributed by atoms with Gasteiger partial charge in [-0.25, -0.2) is 4.79 Å². The number of thioether (sulfide) groups is 1. The summed E-state index contributed by atoms with van der Waals surface area (Å²) in [6.45, 7) is 0. The Morgan fingerprint density at radius 2 is 1.96 bits per heavy atom. The van der Waals surface area contributed by atoms with Crippen molar-refractivity contribution in [3.05, 3.63) is 63.6 Å². The Hall–Kier alpha value is -2.77. The first-order chi connectivity index (χ1) is 12.7. The number of benzene rings is 1. The lowest BCUT2D eigenvalue weighted by molar-refractivity contribution is 0.121. The van der Waals surface area contributed by atoms with Crippen molar-refractivity contribution in [2.45, 2.75) is 4.90 Å². The van der Waals surface area contributed by atoms with Gasteiger partial charge in [0.25, 0.3) is 5.56 Å². The molecule has 2 aromatic heterocycles. The van der Waals surface area contributed by atoms with Crippen LogP contribution in [0.25, 0.3) is 27.9 Å². The van der Waals surface area contributed by atoms with E-state index in [1.54, 1.807) is 12.3 Å². The summed E-state index contributed by atoms with van der Waals surface area (Å²) in [6, 6.07) is 12.9. The summed E-state index contributed by atoms with van der Waals surface area (Å²) < 4.78 is 11.6. The number of thiophene rings is 1. The second-order valence-electron chi connectivity index (χ2n) is 5.39. The van der Waals surface area contributed by atoms with Gasteiger partial charge in [-0.05, 0) is 28.5 Å². The number of fused-ring (bicyclic) bond motifs is 3. The van der Waals surface area contributed by atoms with Gasteiger partial charge >= 0.3 is 6.16 Å². The number of methoxy groups -OCH3 is 1. The number of carbonyl (C=O) groups is 1. The summed E-state index contributed by atoms with van der Waals surface area (Å²) in [5.41, 5.74) is 1.56. The Labute approximate surface area is 157 Å². The topological polar surface area (TPSA) is 57.5 Å². The van der Waals surface area contributed by atoms with E-state index in [0.29, 0.717) is 11.3 Å². The average molecular weight is 383 g/mol.